The number of rotatable bonds is 6. The maximum atomic E-state index is 12.1. The number of carbonyl (C=O) groups excluding carboxylic acids is 1. The number of hydrogen-bond acceptors (Lipinski definition) is 2. The lowest BCUT2D eigenvalue weighted by Crippen LogP contribution is -2.41. The van der Waals surface area contributed by atoms with E-state index in [1.54, 1.807) is 0 Å². The summed E-state index contributed by atoms with van der Waals surface area (Å²) in [6.45, 7) is 8.52. The smallest absolute Gasteiger partial charge is 0.319 e. The second kappa shape index (κ2) is 9.28. The monoisotopic (exact) mass is 328 g/mol. The molecule has 0 aliphatic heterocycles. The second-order valence-electron chi connectivity index (χ2n) is 6.41. The SMILES string of the molecule is C=C(C=CC)COC1CCC(NC(=O)Nc2cccc(C)c2)CC1. The topological polar surface area (TPSA) is 50.4 Å². The van der Waals surface area contributed by atoms with E-state index in [2.05, 4.69) is 17.2 Å². The third-order valence-corrected chi connectivity index (χ3v) is 4.19. The zero-order chi connectivity index (χ0) is 17.4. The van der Waals surface area contributed by atoms with Gasteiger partial charge in [-0.3, -0.25) is 0 Å². The van der Waals surface area contributed by atoms with Gasteiger partial charge in [-0.25, -0.2) is 4.79 Å². The van der Waals surface area contributed by atoms with Crippen LogP contribution in [0.5, 0.6) is 0 Å². The molecule has 0 saturated heterocycles. The number of ether oxygens (including phenoxy) is 1. The number of urea groups is 1. The summed E-state index contributed by atoms with van der Waals surface area (Å²) in [7, 11) is 0. The fourth-order valence-corrected chi connectivity index (χ4v) is 2.96. The van der Waals surface area contributed by atoms with Crippen LogP contribution in [0.2, 0.25) is 0 Å². The quantitative estimate of drug-likeness (QED) is 0.751. The molecule has 0 atom stereocenters. The number of benzene rings is 1. The average molecular weight is 328 g/mol. The van der Waals surface area contributed by atoms with Gasteiger partial charge in [0.15, 0.2) is 0 Å². The molecular weight excluding hydrogens is 300 g/mol. The fraction of sp³-hybridized carbons (Fsp3) is 0.450. The molecule has 4 nitrogen and oxygen atoms in total. The maximum Gasteiger partial charge on any atom is 0.319 e. The number of carbonyl (C=O) groups is 1. The van der Waals surface area contributed by atoms with Crippen LogP contribution in [0, 0.1) is 6.92 Å². The predicted molar refractivity (Wildman–Crippen MR) is 99.3 cm³/mol. The summed E-state index contributed by atoms with van der Waals surface area (Å²) >= 11 is 0. The zero-order valence-corrected chi connectivity index (χ0v) is 14.7. The van der Waals surface area contributed by atoms with Crippen molar-refractivity contribution >= 4 is 11.7 Å². The molecule has 1 aromatic carbocycles. The Morgan fingerprint density at radius 2 is 2.08 bits per heavy atom. The van der Waals surface area contributed by atoms with Crippen LogP contribution in [0.1, 0.15) is 38.2 Å². The predicted octanol–water partition coefficient (Wildman–Crippen LogP) is 4.58. The van der Waals surface area contributed by atoms with E-state index < -0.39 is 0 Å². The Morgan fingerprint density at radius 1 is 1.33 bits per heavy atom. The Kier molecular flexibility index (Phi) is 7.07. The van der Waals surface area contributed by atoms with Gasteiger partial charge in [-0.1, -0.05) is 30.9 Å². The van der Waals surface area contributed by atoms with Crippen molar-refractivity contribution in [2.24, 2.45) is 0 Å². The summed E-state index contributed by atoms with van der Waals surface area (Å²) < 4.78 is 5.88. The first-order valence-electron chi connectivity index (χ1n) is 8.63. The summed E-state index contributed by atoms with van der Waals surface area (Å²) in [6.07, 6.45) is 8.05. The molecule has 24 heavy (non-hydrogen) atoms. The molecule has 0 bridgehead atoms. The average Bonchev–Trinajstić information content (AvgIpc) is 2.54. The van der Waals surface area contributed by atoms with Crippen LogP contribution >= 0.6 is 0 Å². The van der Waals surface area contributed by atoms with E-state index in [0.29, 0.717) is 6.61 Å². The molecule has 1 aromatic rings. The van der Waals surface area contributed by atoms with Crippen molar-refractivity contribution in [2.75, 3.05) is 11.9 Å². The van der Waals surface area contributed by atoms with Gasteiger partial charge in [0.25, 0.3) is 0 Å². The molecular formula is C20H28N2O2. The molecule has 1 aliphatic carbocycles. The van der Waals surface area contributed by atoms with E-state index in [0.717, 1.165) is 42.5 Å². The molecule has 2 amide bonds. The van der Waals surface area contributed by atoms with Crippen LogP contribution in [0.4, 0.5) is 10.5 Å². The number of amides is 2. The highest BCUT2D eigenvalue weighted by molar-refractivity contribution is 5.89. The van der Waals surface area contributed by atoms with E-state index in [1.807, 2.05) is 50.3 Å². The van der Waals surface area contributed by atoms with Gasteiger partial charge < -0.3 is 15.4 Å². The number of hydrogen-bond donors (Lipinski definition) is 2. The molecule has 4 heteroatoms. The van der Waals surface area contributed by atoms with Crippen LogP contribution in [-0.2, 0) is 4.74 Å². The van der Waals surface area contributed by atoms with Crippen LogP contribution in [0.3, 0.4) is 0 Å². The lowest BCUT2D eigenvalue weighted by Gasteiger charge is -2.29. The van der Waals surface area contributed by atoms with Gasteiger partial charge in [-0.15, -0.1) is 0 Å². The van der Waals surface area contributed by atoms with Gasteiger partial charge in [0.2, 0.25) is 0 Å². The zero-order valence-electron chi connectivity index (χ0n) is 14.7. The van der Waals surface area contributed by atoms with Crippen LogP contribution in [0.25, 0.3) is 0 Å². The minimum absolute atomic E-state index is 0.133. The van der Waals surface area contributed by atoms with E-state index in [-0.39, 0.29) is 18.2 Å². The lowest BCUT2D eigenvalue weighted by atomic mass is 9.93. The normalized spacial score (nSPS) is 20.8. The van der Waals surface area contributed by atoms with E-state index in [9.17, 15) is 4.79 Å². The standard InChI is InChI=1S/C20H28N2O2/c1-4-6-16(3)14-24-19-11-9-17(10-12-19)21-20(23)22-18-8-5-7-15(2)13-18/h4-8,13,17,19H,3,9-12,14H2,1-2H3,(H2,21,22,23). The van der Waals surface area contributed by atoms with Crippen molar-refractivity contribution in [2.45, 2.75) is 51.7 Å². The summed E-state index contributed by atoms with van der Waals surface area (Å²) in [4.78, 5) is 12.1. The van der Waals surface area contributed by atoms with Crippen LogP contribution in [0.15, 0.2) is 48.6 Å². The summed E-state index contributed by atoms with van der Waals surface area (Å²) in [6, 6.07) is 7.89. The largest absolute Gasteiger partial charge is 0.374 e. The molecule has 0 aromatic heterocycles. The molecule has 0 heterocycles. The first-order chi connectivity index (χ1) is 11.6. The maximum absolute atomic E-state index is 12.1. The van der Waals surface area contributed by atoms with E-state index in [1.165, 1.54) is 0 Å². The first-order valence-corrected chi connectivity index (χ1v) is 8.63. The van der Waals surface area contributed by atoms with Gasteiger partial charge in [-0.2, -0.15) is 0 Å². The van der Waals surface area contributed by atoms with Crippen molar-refractivity contribution in [1.82, 2.24) is 5.32 Å². The van der Waals surface area contributed by atoms with Gasteiger partial charge in [0.1, 0.15) is 0 Å². The highest BCUT2D eigenvalue weighted by Gasteiger charge is 2.22. The molecule has 0 unspecified atom stereocenters. The Hall–Kier alpha value is -2.07. The molecule has 130 valence electrons. The van der Waals surface area contributed by atoms with Crippen molar-refractivity contribution in [3.8, 4) is 0 Å². The van der Waals surface area contributed by atoms with Crippen LogP contribution in [-0.4, -0.2) is 24.8 Å². The second-order valence-corrected chi connectivity index (χ2v) is 6.41. The Balaban J connectivity index is 1.69. The molecule has 0 radical (unpaired) electrons. The molecule has 1 saturated carbocycles. The Bertz CT molecular complexity index is 587. The number of anilines is 1. The minimum atomic E-state index is -0.133. The molecule has 2 N–H and O–H groups in total. The van der Waals surface area contributed by atoms with Gasteiger partial charge in [0.05, 0.1) is 12.7 Å². The summed E-state index contributed by atoms with van der Waals surface area (Å²) in [5.41, 5.74) is 2.95. The van der Waals surface area contributed by atoms with Crippen molar-refractivity contribution < 1.29 is 9.53 Å². The first kappa shape index (κ1) is 18.3. The third kappa shape index (κ3) is 6.20. The lowest BCUT2D eigenvalue weighted by molar-refractivity contribution is 0.0381. The summed E-state index contributed by atoms with van der Waals surface area (Å²) in [5.74, 6) is 0. The third-order valence-electron chi connectivity index (χ3n) is 4.19. The van der Waals surface area contributed by atoms with Gasteiger partial charge in [-0.05, 0) is 62.8 Å². The molecule has 1 fully saturated rings. The highest BCUT2D eigenvalue weighted by Crippen LogP contribution is 2.22. The summed E-state index contributed by atoms with van der Waals surface area (Å²) in [5, 5.41) is 5.95. The highest BCUT2D eigenvalue weighted by atomic mass is 16.5. The van der Waals surface area contributed by atoms with Crippen molar-refractivity contribution in [1.29, 1.82) is 0 Å². The Labute approximate surface area is 145 Å². The molecule has 2 rings (SSSR count). The number of allylic oxidation sites excluding steroid dienone is 1. The van der Waals surface area contributed by atoms with E-state index in [4.69, 9.17) is 4.74 Å². The molecule has 1 aliphatic rings. The minimum Gasteiger partial charge on any atom is -0.374 e. The number of aryl methyl sites for hydroxylation is 1. The number of nitrogens with one attached hydrogen (secondary N) is 2. The fourth-order valence-electron chi connectivity index (χ4n) is 2.96. The van der Waals surface area contributed by atoms with Crippen molar-refractivity contribution in [3.63, 3.8) is 0 Å². The van der Waals surface area contributed by atoms with Crippen LogP contribution < -0.4 is 10.6 Å². The van der Waals surface area contributed by atoms with Gasteiger partial charge >= 0.3 is 6.03 Å². The van der Waals surface area contributed by atoms with Gasteiger partial charge in [0, 0.05) is 11.7 Å². The van der Waals surface area contributed by atoms with E-state index >= 15 is 0 Å². The Morgan fingerprint density at radius 3 is 2.75 bits per heavy atom. The van der Waals surface area contributed by atoms with Crippen molar-refractivity contribution in [3.05, 3.63) is 54.1 Å². The molecule has 0 spiro atoms.